The molecular formula is C21H25NO5. The molecule has 0 radical (unpaired) electrons. The molecule has 1 amide bonds. The standard InChI is InChI=1S/C21H25NO5/c1-6-15-9-7-8-13(2)19(15)22-20(23)14(3)27-21(24)16-10-17(25-4)12-18(11-16)26-5/h7-12,14H,6H2,1-5H3,(H,22,23)/t14-/m0/s1. The zero-order chi connectivity index (χ0) is 20.0. The molecule has 27 heavy (non-hydrogen) atoms. The lowest BCUT2D eigenvalue weighted by Crippen LogP contribution is -2.30. The van der Waals surface area contributed by atoms with Gasteiger partial charge in [-0.15, -0.1) is 0 Å². The van der Waals surface area contributed by atoms with Crippen molar-refractivity contribution in [2.45, 2.75) is 33.3 Å². The first kappa shape index (κ1) is 20.3. The monoisotopic (exact) mass is 371 g/mol. The second kappa shape index (κ2) is 9.07. The van der Waals surface area contributed by atoms with E-state index in [0.717, 1.165) is 23.2 Å². The number of anilines is 1. The van der Waals surface area contributed by atoms with Crippen LogP contribution in [0.3, 0.4) is 0 Å². The summed E-state index contributed by atoms with van der Waals surface area (Å²) >= 11 is 0. The molecule has 0 aliphatic rings. The van der Waals surface area contributed by atoms with E-state index in [9.17, 15) is 9.59 Å². The molecule has 144 valence electrons. The predicted octanol–water partition coefficient (Wildman–Crippen LogP) is 3.76. The molecule has 0 aliphatic carbocycles. The van der Waals surface area contributed by atoms with E-state index < -0.39 is 12.1 Å². The van der Waals surface area contributed by atoms with Crippen LogP contribution in [0.2, 0.25) is 0 Å². The van der Waals surface area contributed by atoms with Gasteiger partial charge in [-0.1, -0.05) is 25.1 Å². The van der Waals surface area contributed by atoms with E-state index in [0.29, 0.717) is 11.5 Å². The minimum Gasteiger partial charge on any atom is -0.497 e. The van der Waals surface area contributed by atoms with Crippen molar-refractivity contribution < 1.29 is 23.8 Å². The first-order valence-corrected chi connectivity index (χ1v) is 8.73. The summed E-state index contributed by atoms with van der Waals surface area (Å²) in [7, 11) is 2.99. The number of ether oxygens (including phenoxy) is 3. The van der Waals surface area contributed by atoms with Crippen LogP contribution in [0.25, 0.3) is 0 Å². The summed E-state index contributed by atoms with van der Waals surface area (Å²) in [5, 5.41) is 2.87. The van der Waals surface area contributed by atoms with Gasteiger partial charge in [-0.2, -0.15) is 0 Å². The molecule has 0 aliphatic heterocycles. The molecule has 0 saturated heterocycles. The second-order valence-corrected chi connectivity index (χ2v) is 6.10. The van der Waals surface area contributed by atoms with Crippen molar-refractivity contribution in [1.29, 1.82) is 0 Å². The number of nitrogens with one attached hydrogen (secondary N) is 1. The SMILES string of the molecule is CCc1cccc(C)c1NC(=O)[C@H](C)OC(=O)c1cc(OC)cc(OC)c1. The Morgan fingerprint density at radius 3 is 2.26 bits per heavy atom. The van der Waals surface area contributed by atoms with E-state index in [2.05, 4.69) is 5.32 Å². The van der Waals surface area contributed by atoms with E-state index in [1.54, 1.807) is 6.07 Å². The maximum absolute atomic E-state index is 12.5. The number of benzene rings is 2. The van der Waals surface area contributed by atoms with Crippen molar-refractivity contribution in [3.63, 3.8) is 0 Å². The molecule has 0 heterocycles. The van der Waals surface area contributed by atoms with Crippen molar-refractivity contribution in [3.05, 3.63) is 53.1 Å². The number of aryl methyl sites for hydroxylation is 2. The van der Waals surface area contributed by atoms with Crippen LogP contribution >= 0.6 is 0 Å². The van der Waals surface area contributed by atoms with Gasteiger partial charge >= 0.3 is 5.97 Å². The maximum Gasteiger partial charge on any atom is 0.339 e. The molecular weight excluding hydrogens is 346 g/mol. The lowest BCUT2D eigenvalue weighted by molar-refractivity contribution is -0.123. The van der Waals surface area contributed by atoms with Gasteiger partial charge in [0.1, 0.15) is 11.5 Å². The van der Waals surface area contributed by atoms with Crippen molar-refractivity contribution in [2.75, 3.05) is 19.5 Å². The van der Waals surface area contributed by atoms with Crippen molar-refractivity contribution in [1.82, 2.24) is 0 Å². The molecule has 0 aromatic heterocycles. The fourth-order valence-corrected chi connectivity index (χ4v) is 2.63. The highest BCUT2D eigenvalue weighted by Gasteiger charge is 2.21. The third kappa shape index (κ3) is 5.00. The summed E-state index contributed by atoms with van der Waals surface area (Å²) in [5.41, 5.74) is 2.99. The van der Waals surface area contributed by atoms with E-state index in [-0.39, 0.29) is 11.5 Å². The smallest absolute Gasteiger partial charge is 0.339 e. The van der Waals surface area contributed by atoms with Crippen LogP contribution in [0.15, 0.2) is 36.4 Å². The Morgan fingerprint density at radius 1 is 1.07 bits per heavy atom. The lowest BCUT2D eigenvalue weighted by Gasteiger charge is -2.17. The number of esters is 1. The Hall–Kier alpha value is -3.02. The number of methoxy groups -OCH3 is 2. The summed E-state index contributed by atoms with van der Waals surface area (Å²) in [5.74, 6) is -0.0886. The van der Waals surface area contributed by atoms with Crippen LogP contribution < -0.4 is 14.8 Å². The van der Waals surface area contributed by atoms with Crippen molar-refractivity contribution in [2.24, 2.45) is 0 Å². The Balaban J connectivity index is 2.12. The quantitative estimate of drug-likeness (QED) is 0.750. The van der Waals surface area contributed by atoms with E-state index >= 15 is 0 Å². The lowest BCUT2D eigenvalue weighted by atomic mass is 10.1. The molecule has 2 aromatic carbocycles. The highest BCUT2D eigenvalue weighted by atomic mass is 16.5. The Labute approximate surface area is 159 Å². The topological polar surface area (TPSA) is 73.9 Å². The zero-order valence-corrected chi connectivity index (χ0v) is 16.3. The van der Waals surface area contributed by atoms with E-state index in [1.165, 1.54) is 33.3 Å². The first-order valence-electron chi connectivity index (χ1n) is 8.73. The van der Waals surface area contributed by atoms with Gasteiger partial charge in [-0.05, 0) is 43.5 Å². The number of para-hydroxylation sites is 1. The normalized spacial score (nSPS) is 11.4. The predicted molar refractivity (Wildman–Crippen MR) is 104 cm³/mol. The van der Waals surface area contributed by atoms with E-state index in [4.69, 9.17) is 14.2 Å². The highest BCUT2D eigenvalue weighted by Crippen LogP contribution is 2.24. The highest BCUT2D eigenvalue weighted by molar-refractivity contribution is 5.98. The molecule has 6 nitrogen and oxygen atoms in total. The fraction of sp³-hybridized carbons (Fsp3) is 0.333. The third-order valence-corrected chi connectivity index (χ3v) is 4.23. The Bertz CT molecular complexity index is 809. The third-order valence-electron chi connectivity index (χ3n) is 4.23. The van der Waals surface area contributed by atoms with Gasteiger partial charge < -0.3 is 19.5 Å². The summed E-state index contributed by atoms with van der Waals surface area (Å²) in [6.07, 6.45) is -0.172. The van der Waals surface area contributed by atoms with Gasteiger partial charge in [0, 0.05) is 11.8 Å². The Kier molecular flexibility index (Phi) is 6.82. The summed E-state index contributed by atoms with van der Waals surface area (Å²) in [6.45, 7) is 5.48. The number of carbonyl (C=O) groups is 2. The number of hydrogen-bond acceptors (Lipinski definition) is 5. The molecule has 6 heteroatoms. The second-order valence-electron chi connectivity index (χ2n) is 6.10. The van der Waals surface area contributed by atoms with Gasteiger partial charge in [-0.3, -0.25) is 4.79 Å². The minimum atomic E-state index is -0.959. The van der Waals surface area contributed by atoms with Gasteiger partial charge in [0.15, 0.2) is 6.10 Å². The van der Waals surface area contributed by atoms with Gasteiger partial charge in [0.05, 0.1) is 19.8 Å². The van der Waals surface area contributed by atoms with Crippen LogP contribution in [0.4, 0.5) is 5.69 Å². The molecule has 1 N–H and O–H groups in total. The molecule has 0 saturated carbocycles. The first-order chi connectivity index (χ1) is 12.9. The van der Waals surface area contributed by atoms with Gasteiger partial charge in [0.25, 0.3) is 5.91 Å². The minimum absolute atomic E-state index is 0.246. The number of hydrogen-bond donors (Lipinski definition) is 1. The van der Waals surface area contributed by atoms with Crippen molar-refractivity contribution >= 4 is 17.6 Å². The average molecular weight is 371 g/mol. The van der Waals surface area contributed by atoms with Gasteiger partial charge in [0.2, 0.25) is 0 Å². The average Bonchev–Trinajstić information content (AvgIpc) is 2.68. The van der Waals surface area contributed by atoms with E-state index in [1.807, 2.05) is 32.0 Å². The molecule has 2 rings (SSSR count). The molecule has 0 spiro atoms. The van der Waals surface area contributed by atoms with Gasteiger partial charge in [-0.25, -0.2) is 4.79 Å². The summed E-state index contributed by atoms with van der Waals surface area (Å²) < 4.78 is 15.6. The number of amides is 1. The molecule has 0 bridgehead atoms. The number of carbonyl (C=O) groups excluding carboxylic acids is 2. The molecule has 0 fully saturated rings. The summed E-state index contributed by atoms with van der Waals surface area (Å²) in [6, 6.07) is 10.6. The fourth-order valence-electron chi connectivity index (χ4n) is 2.63. The molecule has 2 aromatic rings. The van der Waals surface area contributed by atoms with Crippen LogP contribution in [0.1, 0.15) is 35.3 Å². The largest absolute Gasteiger partial charge is 0.497 e. The maximum atomic E-state index is 12.5. The molecule has 1 atom stereocenters. The van der Waals surface area contributed by atoms with Crippen LogP contribution in [0.5, 0.6) is 11.5 Å². The van der Waals surface area contributed by atoms with Crippen LogP contribution in [-0.4, -0.2) is 32.2 Å². The zero-order valence-electron chi connectivity index (χ0n) is 16.3. The van der Waals surface area contributed by atoms with Crippen LogP contribution in [-0.2, 0) is 16.0 Å². The molecule has 0 unspecified atom stereocenters. The Morgan fingerprint density at radius 2 is 1.70 bits per heavy atom. The van der Waals surface area contributed by atoms with Crippen LogP contribution in [0, 0.1) is 6.92 Å². The van der Waals surface area contributed by atoms with Crippen molar-refractivity contribution in [3.8, 4) is 11.5 Å². The summed E-state index contributed by atoms with van der Waals surface area (Å²) in [4.78, 5) is 24.9. The number of rotatable bonds is 7.